The monoisotopic (exact) mass is 310 g/mol. The SMILES string of the molecule is C=CCNC(=O)c1ccccc1NC(=O)/C=C/c1cnn(C)c1. The van der Waals surface area contributed by atoms with Gasteiger partial charge in [-0.3, -0.25) is 14.3 Å². The predicted molar refractivity (Wildman–Crippen MR) is 89.8 cm³/mol. The van der Waals surface area contributed by atoms with Crippen LogP contribution in [0.5, 0.6) is 0 Å². The van der Waals surface area contributed by atoms with Crippen molar-refractivity contribution >= 4 is 23.6 Å². The van der Waals surface area contributed by atoms with Crippen LogP contribution < -0.4 is 10.6 Å². The fraction of sp³-hybridized carbons (Fsp3) is 0.118. The molecule has 0 atom stereocenters. The van der Waals surface area contributed by atoms with Gasteiger partial charge in [-0.1, -0.05) is 18.2 Å². The number of rotatable bonds is 6. The molecule has 2 rings (SSSR count). The topological polar surface area (TPSA) is 76.0 Å². The molecule has 0 aliphatic carbocycles. The number of carbonyl (C=O) groups excluding carboxylic acids is 2. The van der Waals surface area contributed by atoms with Crippen molar-refractivity contribution in [1.29, 1.82) is 0 Å². The van der Waals surface area contributed by atoms with Crippen molar-refractivity contribution < 1.29 is 9.59 Å². The molecule has 2 aromatic rings. The molecule has 1 aromatic carbocycles. The summed E-state index contributed by atoms with van der Waals surface area (Å²) >= 11 is 0. The Balaban J connectivity index is 2.07. The lowest BCUT2D eigenvalue weighted by Gasteiger charge is -2.09. The molecule has 0 radical (unpaired) electrons. The molecule has 1 aromatic heterocycles. The molecule has 2 N–H and O–H groups in total. The molecule has 23 heavy (non-hydrogen) atoms. The zero-order chi connectivity index (χ0) is 16.7. The number of carbonyl (C=O) groups is 2. The van der Waals surface area contributed by atoms with Crippen LogP contribution in [0.15, 0.2) is 55.4 Å². The van der Waals surface area contributed by atoms with E-state index in [2.05, 4.69) is 22.3 Å². The molecule has 0 aliphatic heterocycles. The molecule has 0 aliphatic rings. The van der Waals surface area contributed by atoms with Crippen LogP contribution in [-0.2, 0) is 11.8 Å². The fourth-order valence-corrected chi connectivity index (χ4v) is 1.92. The van der Waals surface area contributed by atoms with Crippen LogP contribution in [0.2, 0.25) is 0 Å². The molecule has 0 bridgehead atoms. The third-order valence-electron chi connectivity index (χ3n) is 2.99. The van der Waals surface area contributed by atoms with Gasteiger partial charge in [0.05, 0.1) is 17.4 Å². The van der Waals surface area contributed by atoms with Crippen LogP contribution in [-0.4, -0.2) is 28.1 Å². The van der Waals surface area contributed by atoms with E-state index in [4.69, 9.17) is 0 Å². The second-order valence-electron chi connectivity index (χ2n) is 4.81. The second kappa shape index (κ2) is 7.74. The van der Waals surface area contributed by atoms with Crippen molar-refractivity contribution in [3.63, 3.8) is 0 Å². The average Bonchev–Trinajstić information content (AvgIpc) is 2.96. The highest BCUT2D eigenvalue weighted by atomic mass is 16.2. The van der Waals surface area contributed by atoms with Crippen LogP contribution in [0.1, 0.15) is 15.9 Å². The summed E-state index contributed by atoms with van der Waals surface area (Å²) in [7, 11) is 1.80. The van der Waals surface area contributed by atoms with Gasteiger partial charge in [0.1, 0.15) is 0 Å². The lowest BCUT2D eigenvalue weighted by Crippen LogP contribution is -2.24. The van der Waals surface area contributed by atoms with Gasteiger partial charge in [-0.25, -0.2) is 0 Å². The van der Waals surface area contributed by atoms with E-state index >= 15 is 0 Å². The number of aryl methyl sites for hydroxylation is 1. The third kappa shape index (κ3) is 4.67. The van der Waals surface area contributed by atoms with Crippen molar-refractivity contribution in [3.8, 4) is 0 Å². The van der Waals surface area contributed by atoms with Crippen LogP contribution in [0.4, 0.5) is 5.69 Å². The van der Waals surface area contributed by atoms with Crippen LogP contribution in [0.3, 0.4) is 0 Å². The maximum absolute atomic E-state index is 12.0. The Labute approximate surface area is 134 Å². The first-order chi connectivity index (χ1) is 11.1. The van der Waals surface area contributed by atoms with Gasteiger partial charge in [0.25, 0.3) is 5.91 Å². The third-order valence-corrected chi connectivity index (χ3v) is 2.99. The largest absolute Gasteiger partial charge is 0.349 e. The molecule has 0 unspecified atom stereocenters. The number of nitrogens with one attached hydrogen (secondary N) is 2. The van der Waals surface area contributed by atoms with E-state index in [9.17, 15) is 9.59 Å². The number of hydrogen-bond donors (Lipinski definition) is 2. The summed E-state index contributed by atoms with van der Waals surface area (Å²) in [6.45, 7) is 3.91. The van der Waals surface area contributed by atoms with Gasteiger partial charge in [-0.2, -0.15) is 5.10 Å². The normalized spacial score (nSPS) is 10.5. The lowest BCUT2D eigenvalue weighted by atomic mass is 10.1. The number of hydrogen-bond acceptors (Lipinski definition) is 3. The van der Waals surface area contributed by atoms with Crippen molar-refractivity contribution in [2.75, 3.05) is 11.9 Å². The number of benzene rings is 1. The second-order valence-corrected chi connectivity index (χ2v) is 4.81. The molecule has 1 heterocycles. The fourth-order valence-electron chi connectivity index (χ4n) is 1.92. The minimum absolute atomic E-state index is 0.267. The van der Waals surface area contributed by atoms with Crippen LogP contribution >= 0.6 is 0 Å². The zero-order valence-electron chi connectivity index (χ0n) is 12.8. The van der Waals surface area contributed by atoms with Gasteiger partial charge < -0.3 is 10.6 Å². The molecule has 0 saturated carbocycles. The van der Waals surface area contributed by atoms with E-state index in [1.54, 1.807) is 60.5 Å². The smallest absolute Gasteiger partial charge is 0.253 e. The van der Waals surface area contributed by atoms with Crippen molar-refractivity contribution in [1.82, 2.24) is 15.1 Å². The highest BCUT2D eigenvalue weighted by Gasteiger charge is 2.11. The summed E-state index contributed by atoms with van der Waals surface area (Å²) in [6.07, 6.45) is 8.09. The molecule has 0 saturated heterocycles. The zero-order valence-corrected chi connectivity index (χ0v) is 12.8. The van der Waals surface area contributed by atoms with Gasteiger partial charge in [-0.15, -0.1) is 6.58 Å². The van der Waals surface area contributed by atoms with Crippen molar-refractivity contribution in [3.05, 3.63) is 66.5 Å². The van der Waals surface area contributed by atoms with Crippen molar-refractivity contribution in [2.24, 2.45) is 7.05 Å². The molecule has 6 heteroatoms. The maximum Gasteiger partial charge on any atom is 0.253 e. The van der Waals surface area contributed by atoms with Gasteiger partial charge in [-0.05, 0) is 18.2 Å². The lowest BCUT2D eigenvalue weighted by molar-refractivity contribution is -0.111. The summed E-state index contributed by atoms with van der Waals surface area (Å²) in [5, 5.41) is 9.41. The first kappa shape index (κ1) is 16.2. The Morgan fingerprint density at radius 3 is 2.83 bits per heavy atom. The maximum atomic E-state index is 12.0. The Kier molecular flexibility index (Phi) is 5.46. The molecular weight excluding hydrogens is 292 g/mol. The first-order valence-corrected chi connectivity index (χ1v) is 7.06. The summed E-state index contributed by atoms with van der Waals surface area (Å²) < 4.78 is 1.65. The predicted octanol–water partition coefficient (Wildman–Crippen LogP) is 1.99. The van der Waals surface area contributed by atoms with E-state index in [0.29, 0.717) is 17.8 Å². The quantitative estimate of drug-likeness (QED) is 0.633. The first-order valence-electron chi connectivity index (χ1n) is 7.06. The van der Waals surface area contributed by atoms with E-state index in [0.717, 1.165) is 5.56 Å². The van der Waals surface area contributed by atoms with E-state index < -0.39 is 0 Å². The van der Waals surface area contributed by atoms with Crippen LogP contribution in [0, 0.1) is 0 Å². The Bertz CT molecular complexity index is 747. The minimum Gasteiger partial charge on any atom is -0.349 e. The number of anilines is 1. The standard InChI is InChI=1S/C17H18N4O2/c1-3-10-18-17(23)14-6-4-5-7-15(14)20-16(22)9-8-13-11-19-21(2)12-13/h3-9,11-12H,1,10H2,2H3,(H,18,23)(H,20,22)/b9-8+. The minimum atomic E-state index is -0.321. The molecule has 6 nitrogen and oxygen atoms in total. The molecular formula is C17H18N4O2. The Hall–Kier alpha value is -3.15. The average molecular weight is 310 g/mol. The van der Waals surface area contributed by atoms with E-state index in [-0.39, 0.29) is 11.8 Å². The number of amides is 2. The van der Waals surface area contributed by atoms with E-state index in [1.165, 1.54) is 6.08 Å². The Morgan fingerprint density at radius 2 is 2.13 bits per heavy atom. The van der Waals surface area contributed by atoms with Crippen molar-refractivity contribution in [2.45, 2.75) is 0 Å². The van der Waals surface area contributed by atoms with Gasteiger partial charge in [0, 0.05) is 31.4 Å². The van der Waals surface area contributed by atoms with Gasteiger partial charge >= 0.3 is 0 Å². The molecule has 0 fully saturated rings. The van der Waals surface area contributed by atoms with Gasteiger partial charge in [0.15, 0.2) is 0 Å². The Morgan fingerprint density at radius 1 is 1.35 bits per heavy atom. The van der Waals surface area contributed by atoms with Crippen LogP contribution in [0.25, 0.3) is 6.08 Å². The molecule has 0 spiro atoms. The summed E-state index contributed by atoms with van der Waals surface area (Å²) in [5.74, 6) is -0.588. The highest BCUT2D eigenvalue weighted by molar-refractivity contribution is 6.07. The van der Waals surface area contributed by atoms with Gasteiger partial charge in [0.2, 0.25) is 5.91 Å². The molecule has 2 amide bonds. The highest BCUT2D eigenvalue weighted by Crippen LogP contribution is 2.15. The summed E-state index contributed by atoms with van der Waals surface area (Å²) in [6, 6.07) is 6.83. The number of para-hydroxylation sites is 1. The molecule has 118 valence electrons. The summed E-state index contributed by atoms with van der Waals surface area (Å²) in [4.78, 5) is 24.1. The number of aromatic nitrogens is 2. The number of nitrogens with zero attached hydrogens (tertiary/aromatic N) is 2. The summed E-state index contributed by atoms with van der Waals surface area (Å²) in [5.41, 5.74) is 1.67. The van der Waals surface area contributed by atoms with E-state index in [1.807, 2.05) is 0 Å².